The summed E-state index contributed by atoms with van der Waals surface area (Å²) in [6.45, 7) is 38.6. The van der Waals surface area contributed by atoms with Gasteiger partial charge in [0, 0.05) is 175 Å². The van der Waals surface area contributed by atoms with Crippen LogP contribution in [0.15, 0.2) is 140 Å². The Morgan fingerprint density at radius 2 is 0.784 bits per heavy atom. The number of benzene rings is 3. The lowest BCUT2D eigenvalue weighted by molar-refractivity contribution is -0.178. The minimum atomic E-state index is -0.857. The van der Waals surface area contributed by atoms with E-state index in [1.165, 1.54) is 27.7 Å². The number of allylic oxidation sites excluding steroid dienone is 1. The number of carboxylic acid groups (broad SMARTS) is 1. The fraction of sp³-hybridized carbons (Fsp3) is 0.560. The lowest BCUT2D eigenvalue weighted by Crippen LogP contribution is -2.56. The van der Waals surface area contributed by atoms with Crippen LogP contribution in [0, 0.1) is 41.0 Å². The number of carboxylic acids is 1. The van der Waals surface area contributed by atoms with Crippen LogP contribution in [0.25, 0.3) is 17.1 Å². The molecule has 6 aromatic rings. The summed E-state index contributed by atoms with van der Waals surface area (Å²) in [5.74, 6) is 0.296. The number of aromatic nitrogens is 6. The first-order chi connectivity index (χ1) is 58.6. The van der Waals surface area contributed by atoms with Crippen molar-refractivity contribution in [1.82, 2.24) is 78.9 Å². The van der Waals surface area contributed by atoms with Crippen molar-refractivity contribution in [3.8, 4) is 23.3 Å². The number of hydrogen-bond acceptors (Lipinski definition) is 23. The van der Waals surface area contributed by atoms with E-state index < -0.39 is 46.0 Å². The zero-order valence-electron chi connectivity index (χ0n) is 76.3. The molecular formula is C91H129N17O17. The number of hydroxylamine groups is 2. The molecule has 8 fully saturated rings. The molecule has 3 aromatic carbocycles. The molecule has 8 aliphatic heterocycles. The second kappa shape index (κ2) is 43.6. The summed E-state index contributed by atoms with van der Waals surface area (Å²) >= 11 is 0. The average Bonchev–Trinajstić information content (AvgIpc) is 1.72. The second-order valence-corrected chi connectivity index (χ2v) is 37.4. The van der Waals surface area contributed by atoms with Crippen molar-refractivity contribution < 1.29 is 81.6 Å². The van der Waals surface area contributed by atoms with Crippen LogP contribution in [-0.2, 0) is 52.5 Å². The van der Waals surface area contributed by atoms with Gasteiger partial charge in [0.25, 0.3) is 5.91 Å². The average molecular weight is 1730 g/mol. The van der Waals surface area contributed by atoms with Crippen LogP contribution in [0.3, 0.4) is 0 Å². The first kappa shape index (κ1) is 98.6. The van der Waals surface area contributed by atoms with E-state index in [1.54, 1.807) is 66.6 Å². The van der Waals surface area contributed by atoms with Crippen LogP contribution in [-0.4, -0.2) is 300 Å². The Morgan fingerprint density at radius 3 is 1.09 bits per heavy atom. The Morgan fingerprint density at radius 1 is 0.456 bits per heavy atom. The minimum absolute atomic E-state index is 0.0162. The third-order valence-corrected chi connectivity index (χ3v) is 20.5. The summed E-state index contributed by atoms with van der Waals surface area (Å²) in [7, 11) is 6.70. The van der Waals surface area contributed by atoms with Gasteiger partial charge in [-0.3, -0.25) is 28.8 Å². The molecule has 0 aliphatic carbocycles. The monoisotopic (exact) mass is 1730 g/mol. The number of rotatable bonds is 15. The van der Waals surface area contributed by atoms with Crippen molar-refractivity contribution in [3.63, 3.8) is 0 Å². The SMILES string of the molecule is CC(=O)C1CN(C(=O)OC(C)(C)C)C1.CC(C)(C)OC(=O)N1CC(C(=O)O)C1.CC(C)(C)OC(=O)N1CC(c2ccn(-c3ccccc3)n2)C1.CN(C)/C=C/C(=O)C1CN(C(=O)OC(C)(C)C)C1.CON(C)C(=O)C1CN(C(=O)OC(C)(C)C)C1.N#CN1CC[C@@H](CC(=O)N2CC(c3ccn(-c4ccccc4)n3)C2)C1.c1ccc(-n2ccc(C3CNC3)n2)cc1. The van der Waals surface area contributed by atoms with Crippen LogP contribution in [0.5, 0.6) is 0 Å². The maximum absolute atomic E-state index is 12.4. The molecule has 0 saturated carbocycles. The van der Waals surface area contributed by atoms with Crippen LogP contribution in [0.4, 0.5) is 24.0 Å². The van der Waals surface area contributed by atoms with Crippen molar-refractivity contribution in [2.24, 2.45) is 29.6 Å². The number of likely N-dealkylation sites (tertiary alicyclic amines) is 7. The number of nitrogens with one attached hydrogen (secondary N) is 1. The summed E-state index contributed by atoms with van der Waals surface area (Å²) in [5.41, 5.74) is 4.04. The highest BCUT2D eigenvalue weighted by atomic mass is 16.7. The van der Waals surface area contributed by atoms with Gasteiger partial charge in [-0.05, 0) is 184 Å². The van der Waals surface area contributed by atoms with Crippen LogP contribution < -0.4 is 5.32 Å². The van der Waals surface area contributed by atoms with Gasteiger partial charge in [-0.1, -0.05) is 54.6 Å². The molecule has 1 atom stereocenters. The van der Waals surface area contributed by atoms with E-state index in [9.17, 15) is 47.9 Å². The number of ketones is 2. The molecule has 125 heavy (non-hydrogen) atoms. The number of ether oxygens (including phenoxy) is 5. The Bertz CT molecular complexity index is 4570. The largest absolute Gasteiger partial charge is 0.481 e. The van der Waals surface area contributed by atoms with Gasteiger partial charge in [0.2, 0.25) is 5.91 Å². The van der Waals surface area contributed by atoms with Crippen molar-refractivity contribution >= 4 is 59.8 Å². The Hall–Kier alpha value is -11.9. The number of Topliss-reactive ketones (excluding diaryl/α,β-unsaturated/α-hetero) is 1. The molecule has 14 rings (SSSR count). The second-order valence-electron chi connectivity index (χ2n) is 37.4. The first-order valence-electron chi connectivity index (χ1n) is 42.4. The van der Waals surface area contributed by atoms with Crippen molar-refractivity contribution in [2.75, 3.05) is 133 Å². The van der Waals surface area contributed by atoms with E-state index >= 15 is 0 Å². The van der Waals surface area contributed by atoms with Gasteiger partial charge in [0.15, 0.2) is 12.0 Å². The predicted octanol–water partition coefficient (Wildman–Crippen LogP) is 11.5. The smallest absolute Gasteiger partial charge is 0.410 e. The van der Waals surface area contributed by atoms with Gasteiger partial charge >= 0.3 is 36.4 Å². The molecule has 680 valence electrons. The number of aliphatic carboxylic acids is 1. The first-order valence-corrected chi connectivity index (χ1v) is 42.4. The fourth-order valence-corrected chi connectivity index (χ4v) is 13.1. The summed E-state index contributed by atoms with van der Waals surface area (Å²) in [6, 6.07) is 36.4. The van der Waals surface area contributed by atoms with Crippen molar-refractivity contribution in [1.29, 1.82) is 5.26 Å². The Balaban J connectivity index is 0.000000183. The predicted molar refractivity (Wildman–Crippen MR) is 467 cm³/mol. The van der Waals surface area contributed by atoms with Gasteiger partial charge in [0.05, 0.1) is 64.9 Å². The van der Waals surface area contributed by atoms with E-state index in [-0.39, 0.29) is 84.5 Å². The number of carbonyl (C=O) groups excluding carboxylic acids is 9. The van der Waals surface area contributed by atoms with Gasteiger partial charge in [-0.15, -0.1) is 0 Å². The van der Waals surface area contributed by atoms with E-state index in [4.69, 9.17) is 38.9 Å². The molecule has 34 heteroatoms. The lowest BCUT2D eigenvalue weighted by atomic mass is 9.94. The van der Waals surface area contributed by atoms with Gasteiger partial charge in [-0.25, -0.2) is 43.1 Å². The molecule has 34 nitrogen and oxygen atoms in total. The molecule has 0 bridgehead atoms. The molecule has 8 saturated heterocycles. The lowest BCUT2D eigenvalue weighted by Gasteiger charge is -2.39. The Labute approximate surface area is 734 Å². The van der Waals surface area contributed by atoms with Crippen molar-refractivity contribution in [3.05, 3.63) is 157 Å². The molecule has 7 amide bonds. The van der Waals surface area contributed by atoms with Crippen molar-refractivity contribution in [2.45, 2.75) is 169 Å². The molecule has 0 unspecified atom stereocenters. The van der Waals surface area contributed by atoms with E-state index in [2.05, 4.69) is 45.0 Å². The molecule has 3 aromatic heterocycles. The number of nitriles is 1. The minimum Gasteiger partial charge on any atom is -0.481 e. The number of amides is 7. The maximum Gasteiger partial charge on any atom is 0.410 e. The highest BCUT2D eigenvalue weighted by molar-refractivity contribution is 5.93. The normalized spacial score (nSPS) is 17.3. The summed E-state index contributed by atoms with van der Waals surface area (Å²) in [5, 5.41) is 35.8. The van der Waals surface area contributed by atoms with Gasteiger partial charge < -0.3 is 73.3 Å². The number of nitrogens with zero attached hydrogens (tertiary/aromatic N) is 16. The Kier molecular flexibility index (Phi) is 34.4. The third kappa shape index (κ3) is 31.4. The molecule has 2 N–H and O–H groups in total. The summed E-state index contributed by atoms with van der Waals surface area (Å²) in [6.07, 6.45) is 11.2. The van der Waals surface area contributed by atoms with E-state index in [0.717, 1.165) is 74.1 Å². The standard InChI is InChI=1S/C19H21N5O.C17H21N3O2.C13H22N2O3.C12H13N3.C11H20N2O4.C10H17NO3.C9H15NO4/c20-14-22-8-6-15(11-22)10-19(25)23-12-16(13-23)18-7-9-24(21-18)17-4-2-1-3-5-17;1-17(2,3)22-16(21)19-11-13(12-19)15-9-10-20(18-15)14-7-5-4-6-8-14;1-13(2,3)18-12(17)15-8-10(9-15)11(16)6-7-14(4)5;1-2-4-11(5-3-1)15-7-6-12(14-15)10-8-13-9-10;1-11(2,3)17-10(15)13-6-8(7-13)9(14)12(4)16-5;1-7(12)8-5-11(6-8)9(13)14-10(2,3)4;1-9(2,3)14-8(13)10-4-6(5-10)7(11)12/h1-5,7,9,15-16H,6,8,10-13H2;4-10,13H,11-12H2,1-3H3;6-7,10H,8-9H2,1-5H3;1-7,10,13H,8-9H2;8H,6-7H2,1-5H3;8H,5-6H2,1-4H3;6H,4-5H2,1-3H3,(H,11,12)/b;;7-6+;;;;/t15-;;;;;;/m0....../s1. The quantitative estimate of drug-likeness (QED) is 0.0417. The fourth-order valence-electron chi connectivity index (χ4n) is 13.1. The third-order valence-electron chi connectivity index (χ3n) is 20.5. The van der Waals surface area contributed by atoms with Gasteiger partial charge in [-0.2, -0.15) is 20.6 Å². The zero-order valence-corrected chi connectivity index (χ0v) is 76.3. The summed E-state index contributed by atoms with van der Waals surface area (Å²) in [4.78, 5) is 133. The number of carbonyl (C=O) groups is 10. The van der Waals surface area contributed by atoms with Gasteiger partial charge in [0.1, 0.15) is 33.8 Å². The molecular weight excluding hydrogens is 1600 g/mol. The van der Waals surface area contributed by atoms with E-state index in [1.807, 2.05) is 231 Å². The molecule has 11 heterocycles. The number of hydrogen-bond donors (Lipinski definition) is 2. The zero-order chi connectivity index (χ0) is 92.1. The highest BCUT2D eigenvalue weighted by Crippen LogP contribution is 2.32. The topological polar surface area (TPSA) is 365 Å². The molecule has 0 spiro atoms. The summed E-state index contributed by atoms with van der Waals surface area (Å²) < 4.78 is 31.7. The highest BCUT2D eigenvalue weighted by Gasteiger charge is 2.43. The molecule has 0 radical (unpaired) electrons. The van der Waals surface area contributed by atoms with Crippen LogP contribution in [0.2, 0.25) is 0 Å². The van der Waals surface area contributed by atoms with Crippen LogP contribution in [0.1, 0.15) is 158 Å². The van der Waals surface area contributed by atoms with E-state index in [0.29, 0.717) is 76.5 Å². The molecule has 8 aliphatic rings. The maximum atomic E-state index is 12.4. The number of para-hydroxylation sites is 3. The van der Waals surface area contributed by atoms with Crippen LogP contribution >= 0.6 is 0 Å².